The van der Waals surface area contributed by atoms with Gasteiger partial charge in [-0.1, -0.05) is 12.1 Å². The molecule has 1 aliphatic heterocycles. The van der Waals surface area contributed by atoms with Gasteiger partial charge in [-0.15, -0.1) is 11.3 Å². The zero-order chi connectivity index (χ0) is 22.5. The number of anilines is 1. The topological polar surface area (TPSA) is 116 Å². The molecule has 1 aliphatic rings. The summed E-state index contributed by atoms with van der Waals surface area (Å²) in [5.41, 5.74) is 0.847. The number of carboxylic acids is 1. The van der Waals surface area contributed by atoms with Gasteiger partial charge in [-0.25, -0.2) is 4.79 Å². The van der Waals surface area contributed by atoms with E-state index in [4.69, 9.17) is 9.84 Å². The van der Waals surface area contributed by atoms with Crippen molar-refractivity contribution in [2.75, 3.05) is 25.6 Å². The monoisotopic (exact) mass is 443 g/mol. The number of carbonyl (C=O) groups is 4. The molecule has 0 spiro atoms. The van der Waals surface area contributed by atoms with Gasteiger partial charge in [-0.05, 0) is 29.8 Å². The molecule has 0 bridgehead atoms. The van der Waals surface area contributed by atoms with Gasteiger partial charge < -0.3 is 20.1 Å². The van der Waals surface area contributed by atoms with Crippen LogP contribution < -0.4 is 15.0 Å². The van der Waals surface area contributed by atoms with E-state index in [1.807, 2.05) is 24.3 Å². The summed E-state index contributed by atoms with van der Waals surface area (Å²) in [6.07, 6.45) is 2.30. The summed E-state index contributed by atoms with van der Waals surface area (Å²) in [7, 11) is 3.06. The molecule has 10 heteroatoms. The summed E-state index contributed by atoms with van der Waals surface area (Å²) < 4.78 is 5.25. The van der Waals surface area contributed by atoms with E-state index in [9.17, 15) is 19.2 Å². The molecule has 2 N–H and O–H groups in total. The van der Waals surface area contributed by atoms with Gasteiger partial charge >= 0.3 is 12.0 Å². The second-order valence-corrected chi connectivity index (χ2v) is 7.75. The summed E-state index contributed by atoms with van der Waals surface area (Å²) in [5.74, 6) is -1.50. The van der Waals surface area contributed by atoms with E-state index in [0.29, 0.717) is 10.8 Å². The van der Waals surface area contributed by atoms with Gasteiger partial charge in [0, 0.05) is 30.7 Å². The molecular formula is C21H21N3O6S. The Morgan fingerprint density at radius 2 is 2.03 bits per heavy atom. The smallest absolute Gasteiger partial charge is 0.323 e. The molecule has 0 saturated carbocycles. The Morgan fingerprint density at radius 1 is 1.26 bits per heavy atom. The number of carbonyl (C=O) groups excluding carboxylic acids is 3. The molecule has 1 aromatic carbocycles. The summed E-state index contributed by atoms with van der Waals surface area (Å²) in [5, 5.41) is 11.7. The normalized spacial score (nSPS) is 15.7. The number of methoxy groups -OCH3 is 1. The first-order valence-corrected chi connectivity index (χ1v) is 10.2. The maximum atomic E-state index is 12.9. The maximum Gasteiger partial charge on any atom is 0.323 e. The zero-order valence-electron chi connectivity index (χ0n) is 16.9. The van der Waals surface area contributed by atoms with Crippen molar-refractivity contribution in [3.8, 4) is 16.2 Å². The number of urea groups is 1. The highest BCUT2D eigenvalue weighted by Crippen LogP contribution is 2.36. The molecule has 0 fully saturated rings. The van der Waals surface area contributed by atoms with Crippen LogP contribution in [0.25, 0.3) is 10.4 Å². The molecule has 31 heavy (non-hydrogen) atoms. The van der Waals surface area contributed by atoms with Crippen LogP contribution >= 0.6 is 11.3 Å². The Hall–Kier alpha value is -3.66. The van der Waals surface area contributed by atoms with Gasteiger partial charge in [-0.2, -0.15) is 0 Å². The van der Waals surface area contributed by atoms with Crippen LogP contribution in [0.2, 0.25) is 0 Å². The van der Waals surface area contributed by atoms with Crippen LogP contribution in [0.3, 0.4) is 0 Å². The van der Waals surface area contributed by atoms with Crippen LogP contribution in [0.4, 0.5) is 9.80 Å². The molecule has 162 valence electrons. The Labute approximate surface area is 182 Å². The van der Waals surface area contributed by atoms with E-state index < -0.39 is 29.7 Å². The molecule has 0 radical (unpaired) electrons. The molecule has 3 rings (SSSR count). The SMILES string of the molecule is COc1cccc(-c2ccc(N(C(=O)NCCC(=O)O)[C@H]3C(=O)C=CN(C)C3=O)s2)c1. The summed E-state index contributed by atoms with van der Waals surface area (Å²) in [6.45, 7) is -0.139. The first kappa shape index (κ1) is 22.0. The van der Waals surface area contributed by atoms with Gasteiger partial charge in [0.25, 0.3) is 5.91 Å². The number of amides is 3. The van der Waals surface area contributed by atoms with E-state index >= 15 is 0 Å². The first-order valence-electron chi connectivity index (χ1n) is 9.33. The average Bonchev–Trinajstić information content (AvgIpc) is 3.23. The third kappa shape index (κ3) is 4.92. The largest absolute Gasteiger partial charge is 0.497 e. The fraction of sp³-hybridized carbons (Fsp3) is 0.238. The van der Waals surface area contributed by atoms with Crippen molar-refractivity contribution in [3.63, 3.8) is 0 Å². The molecule has 1 atom stereocenters. The van der Waals surface area contributed by atoms with Gasteiger partial charge in [0.15, 0.2) is 11.8 Å². The number of ether oxygens (including phenoxy) is 1. The van der Waals surface area contributed by atoms with Crippen LogP contribution in [-0.4, -0.2) is 60.4 Å². The molecule has 3 amide bonds. The highest BCUT2D eigenvalue weighted by molar-refractivity contribution is 7.19. The summed E-state index contributed by atoms with van der Waals surface area (Å²) in [4.78, 5) is 52.1. The Balaban J connectivity index is 1.96. The van der Waals surface area contributed by atoms with Crippen molar-refractivity contribution in [1.29, 1.82) is 0 Å². The molecular weight excluding hydrogens is 422 g/mol. The Bertz CT molecular complexity index is 1050. The maximum absolute atomic E-state index is 12.9. The fourth-order valence-corrected chi connectivity index (χ4v) is 4.03. The van der Waals surface area contributed by atoms with Crippen LogP contribution in [0.1, 0.15) is 6.42 Å². The molecule has 2 heterocycles. The van der Waals surface area contributed by atoms with E-state index in [1.165, 1.54) is 35.6 Å². The molecule has 9 nitrogen and oxygen atoms in total. The number of hydrogen-bond acceptors (Lipinski definition) is 6. The predicted octanol–water partition coefficient (Wildman–Crippen LogP) is 2.34. The molecule has 2 aromatic rings. The van der Waals surface area contributed by atoms with Crippen molar-refractivity contribution in [2.45, 2.75) is 12.5 Å². The number of aliphatic carboxylic acids is 1. The lowest BCUT2D eigenvalue weighted by Crippen LogP contribution is -2.57. The zero-order valence-corrected chi connectivity index (χ0v) is 17.7. The minimum absolute atomic E-state index is 0.139. The number of nitrogens with one attached hydrogen (secondary N) is 1. The summed E-state index contributed by atoms with van der Waals surface area (Å²) >= 11 is 1.23. The lowest BCUT2D eigenvalue weighted by Gasteiger charge is -2.32. The van der Waals surface area contributed by atoms with Crippen LogP contribution in [0.5, 0.6) is 5.75 Å². The molecule has 0 saturated heterocycles. The van der Waals surface area contributed by atoms with Crippen molar-refractivity contribution >= 4 is 40.0 Å². The predicted molar refractivity (Wildman–Crippen MR) is 115 cm³/mol. The minimum atomic E-state index is -1.38. The third-order valence-electron chi connectivity index (χ3n) is 4.59. The van der Waals surface area contributed by atoms with Gasteiger partial charge in [0.2, 0.25) is 0 Å². The molecule has 1 aromatic heterocycles. The Morgan fingerprint density at radius 3 is 2.74 bits per heavy atom. The second kappa shape index (κ2) is 9.43. The third-order valence-corrected chi connectivity index (χ3v) is 5.72. The first-order chi connectivity index (χ1) is 14.8. The number of nitrogens with zero attached hydrogens (tertiary/aromatic N) is 2. The van der Waals surface area contributed by atoms with Crippen LogP contribution in [-0.2, 0) is 14.4 Å². The number of carboxylic acid groups (broad SMARTS) is 1. The highest BCUT2D eigenvalue weighted by Gasteiger charge is 2.40. The minimum Gasteiger partial charge on any atom is -0.497 e. The number of hydrogen-bond donors (Lipinski definition) is 2. The van der Waals surface area contributed by atoms with Crippen molar-refractivity contribution in [2.24, 2.45) is 0 Å². The average molecular weight is 443 g/mol. The number of thiophene rings is 1. The summed E-state index contributed by atoms with van der Waals surface area (Å²) in [6, 6.07) is 8.67. The quantitative estimate of drug-likeness (QED) is 0.635. The van der Waals surface area contributed by atoms with Gasteiger partial charge in [0.1, 0.15) is 10.8 Å². The standard InChI is InChI=1S/C21H21N3O6S/c1-23-11-9-15(25)19(20(23)28)24(21(29)22-10-8-18(26)27)17-7-6-16(31-17)13-4-3-5-14(12-13)30-2/h3-7,9,11-12,19H,8,10H2,1-2H3,(H,22,29)(H,26,27)/t19-/m0/s1. The van der Waals surface area contributed by atoms with Crippen molar-refractivity contribution in [3.05, 3.63) is 48.7 Å². The Kier molecular flexibility index (Phi) is 6.71. The lowest BCUT2D eigenvalue weighted by molar-refractivity contribution is -0.137. The van der Waals surface area contributed by atoms with E-state index in [-0.39, 0.29) is 13.0 Å². The van der Waals surface area contributed by atoms with Crippen molar-refractivity contribution < 1.29 is 29.0 Å². The lowest BCUT2D eigenvalue weighted by atomic mass is 10.1. The molecule has 0 aliphatic carbocycles. The molecule has 0 unspecified atom stereocenters. The fourth-order valence-electron chi connectivity index (χ4n) is 3.00. The number of rotatable bonds is 7. The van der Waals surface area contributed by atoms with Gasteiger partial charge in [-0.3, -0.25) is 19.3 Å². The number of ketones is 1. The van der Waals surface area contributed by atoms with Crippen LogP contribution in [0.15, 0.2) is 48.7 Å². The van der Waals surface area contributed by atoms with Gasteiger partial charge in [0.05, 0.1) is 13.5 Å². The van der Waals surface area contributed by atoms with Crippen molar-refractivity contribution in [1.82, 2.24) is 10.2 Å². The van der Waals surface area contributed by atoms with Crippen LogP contribution in [0, 0.1) is 0 Å². The second-order valence-electron chi connectivity index (χ2n) is 6.69. The number of likely N-dealkylation sites (N-methyl/N-ethyl adjacent to an activating group) is 1. The number of benzene rings is 1. The van der Waals surface area contributed by atoms with E-state index in [1.54, 1.807) is 19.2 Å². The van der Waals surface area contributed by atoms with E-state index in [2.05, 4.69) is 5.32 Å². The highest BCUT2D eigenvalue weighted by atomic mass is 32.1. The van der Waals surface area contributed by atoms with E-state index in [0.717, 1.165) is 15.3 Å².